The normalized spacial score (nSPS) is 23.5. The summed E-state index contributed by atoms with van der Waals surface area (Å²) >= 11 is 0. The zero-order valence-corrected chi connectivity index (χ0v) is 36.1. The average molecular weight is 808 g/mol. The van der Waals surface area contributed by atoms with Gasteiger partial charge in [0.2, 0.25) is 0 Å². The Morgan fingerprint density at radius 2 is 1.12 bits per heavy atom. The summed E-state index contributed by atoms with van der Waals surface area (Å²) < 4.78 is 0. The summed E-state index contributed by atoms with van der Waals surface area (Å²) in [4.78, 5) is 5.00. The van der Waals surface area contributed by atoms with Crippen molar-refractivity contribution in [2.24, 2.45) is 17.8 Å². The fraction of sp³-hybridized carbons (Fsp3) is 0.373. The molecule has 5 aromatic rings. The third kappa shape index (κ3) is 8.28. The average Bonchev–Trinajstić information content (AvgIpc) is 3.68. The van der Waals surface area contributed by atoms with Gasteiger partial charge in [0.1, 0.15) is 0 Å². The first kappa shape index (κ1) is 42.2. The minimum Gasteiger partial charge on any atom is -0.502 e. The predicted octanol–water partition coefficient (Wildman–Crippen LogP) is 11.0. The summed E-state index contributed by atoms with van der Waals surface area (Å²) in [5.41, 5.74) is 8.28. The number of rotatable bonds is 8. The van der Waals surface area contributed by atoms with Gasteiger partial charge >= 0.3 is 16.5 Å². The van der Waals surface area contributed by atoms with Crippen molar-refractivity contribution in [1.82, 2.24) is 0 Å². The Morgan fingerprint density at radius 1 is 0.643 bits per heavy atom. The van der Waals surface area contributed by atoms with Crippen molar-refractivity contribution in [3.63, 3.8) is 0 Å². The summed E-state index contributed by atoms with van der Waals surface area (Å²) in [6.07, 6.45) is 6.03. The maximum atomic E-state index is 11.7. The molecule has 5 heteroatoms. The van der Waals surface area contributed by atoms with Gasteiger partial charge in [0.15, 0.2) is 0 Å². The number of para-hydroxylation sites is 1. The molecular formula is C51H61N2NiOP. The van der Waals surface area contributed by atoms with E-state index in [1.807, 2.05) is 0 Å². The van der Waals surface area contributed by atoms with Gasteiger partial charge in [-0.1, -0.05) is 149 Å². The van der Waals surface area contributed by atoms with Crippen LogP contribution in [0.4, 0.5) is 11.4 Å². The van der Waals surface area contributed by atoms with Crippen molar-refractivity contribution < 1.29 is 21.6 Å². The minimum atomic E-state index is -0.446. The first-order valence-electron chi connectivity index (χ1n) is 20.5. The summed E-state index contributed by atoms with van der Waals surface area (Å²) in [6.45, 7) is 15.8. The van der Waals surface area contributed by atoms with Gasteiger partial charge in [0.25, 0.3) is 0 Å². The van der Waals surface area contributed by atoms with E-state index >= 15 is 0 Å². The molecule has 296 valence electrons. The molecule has 5 fully saturated rings. The Morgan fingerprint density at radius 3 is 1.61 bits per heavy atom. The first-order valence-corrected chi connectivity index (χ1v) is 21.8. The molecule has 4 aliphatic carbocycles. The van der Waals surface area contributed by atoms with E-state index in [4.69, 9.17) is 0 Å². The molecule has 4 bridgehead atoms. The van der Waals surface area contributed by atoms with Gasteiger partial charge in [-0.05, 0) is 121 Å². The van der Waals surface area contributed by atoms with Gasteiger partial charge in [-0.3, -0.25) is 0 Å². The van der Waals surface area contributed by atoms with E-state index in [1.165, 1.54) is 81.6 Å². The number of aliphatic hydroxyl groups is 1. The van der Waals surface area contributed by atoms with Crippen LogP contribution in [0.3, 0.4) is 0 Å². The molecule has 1 saturated heterocycles. The topological polar surface area (TPSA) is 26.7 Å². The Kier molecular flexibility index (Phi) is 13.6. The van der Waals surface area contributed by atoms with Gasteiger partial charge in [-0.25, -0.2) is 0 Å². The number of benzene rings is 5. The van der Waals surface area contributed by atoms with Crippen LogP contribution in [0.25, 0.3) is 0 Å². The molecule has 0 aromatic heterocycles. The maximum Gasteiger partial charge on any atom is 2.00 e. The molecule has 0 spiro atoms. The summed E-state index contributed by atoms with van der Waals surface area (Å²) in [5, 5.41) is 15.8. The van der Waals surface area contributed by atoms with E-state index in [0.717, 1.165) is 24.9 Å². The SMILES string of the molecule is Cc1ccc(C23CC4CC(CC(C4)C2O)C3)c(N2[CH-]N(c3c(C(C)C)cccc3C(C)C)CC2)c1.[CH3-].[Ni+2].c1ccc(P(c2ccccc2)c2ccccc2)cc1. The van der Waals surface area contributed by atoms with E-state index in [-0.39, 0.29) is 35.4 Å². The molecule has 1 aliphatic heterocycles. The molecule has 1 heterocycles. The molecule has 3 atom stereocenters. The van der Waals surface area contributed by atoms with Crippen molar-refractivity contribution in [3.05, 3.63) is 164 Å². The Bertz CT molecular complexity index is 1880. The quantitative estimate of drug-likeness (QED) is 0.0961. The monoisotopic (exact) mass is 806 g/mol. The van der Waals surface area contributed by atoms with E-state index in [2.05, 4.69) is 178 Å². The smallest absolute Gasteiger partial charge is 0.502 e. The Labute approximate surface area is 349 Å². The second-order valence-corrected chi connectivity index (χ2v) is 19.4. The van der Waals surface area contributed by atoms with Crippen LogP contribution in [0.2, 0.25) is 0 Å². The Hall–Kier alpha value is -3.42. The number of nitrogens with zero attached hydrogens (tertiary/aromatic N) is 2. The molecule has 4 saturated carbocycles. The molecule has 1 N–H and O–H groups in total. The van der Waals surface area contributed by atoms with Crippen molar-refractivity contribution in [1.29, 1.82) is 0 Å². The summed E-state index contributed by atoms with van der Waals surface area (Å²) in [5.74, 6) is 3.08. The molecule has 56 heavy (non-hydrogen) atoms. The third-order valence-corrected chi connectivity index (χ3v) is 15.2. The van der Waals surface area contributed by atoms with Crippen molar-refractivity contribution in [3.8, 4) is 0 Å². The van der Waals surface area contributed by atoms with Crippen LogP contribution in [0.5, 0.6) is 0 Å². The largest absolute Gasteiger partial charge is 2.00 e. The summed E-state index contributed by atoms with van der Waals surface area (Å²) in [6, 6.07) is 46.2. The second kappa shape index (κ2) is 18.0. The molecule has 3 nitrogen and oxygen atoms in total. The molecule has 0 radical (unpaired) electrons. The van der Waals surface area contributed by atoms with Gasteiger partial charge in [0, 0.05) is 29.9 Å². The van der Waals surface area contributed by atoms with Crippen molar-refractivity contribution in [2.75, 3.05) is 22.9 Å². The first-order chi connectivity index (χ1) is 26.2. The zero-order valence-electron chi connectivity index (χ0n) is 34.2. The van der Waals surface area contributed by atoms with Gasteiger partial charge in [-0.15, -0.1) is 0 Å². The standard InChI is InChI=1S/C32H43N2O.C18H15P.CH3.Ni/c1-20(2)26-7-6-8-27(21(3)4)30(26)34-12-11-33(19-34)29-13-22(5)9-10-28(29)32-17-23-14-24(18-32)16-25(15-23)31(32)35;1-4-10-16(11-5-1)19(17-12-6-2-7-13-17)18-14-8-3-9-15-18;;/h6-10,13,19-21,23-25,31,35H,11-12,14-18H2,1-5H3;1-15H;1H3;/q-1;;-1;+2. The minimum absolute atomic E-state index is 0. The maximum absolute atomic E-state index is 11.7. The number of hydrogen-bond donors (Lipinski definition) is 1. The molecule has 5 aromatic carbocycles. The van der Waals surface area contributed by atoms with Crippen LogP contribution in [0.15, 0.2) is 127 Å². The molecule has 5 aliphatic rings. The van der Waals surface area contributed by atoms with Crippen molar-refractivity contribution >= 4 is 35.2 Å². The van der Waals surface area contributed by atoms with Crippen LogP contribution in [0.1, 0.15) is 93.9 Å². The number of aryl methyl sites for hydroxylation is 1. The molecule has 10 rings (SSSR count). The van der Waals surface area contributed by atoms with Crippen LogP contribution in [-0.4, -0.2) is 24.3 Å². The van der Waals surface area contributed by atoms with E-state index in [9.17, 15) is 5.11 Å². The number of anilines is 2. The zero-order chi connectivity index (χ0) is 37.4. The fourth-order valence-electron chi connectivity index (χ4n) is 10.6. The van der Waals surface area contributed by atoms with Gasteiger partial charge in [-0.2, -0.15) is 6.67 Å². The molecule has 0 amide bonds. The second-order valence-electron chi connectivity index (χ2n) is 17.2. The van der Waals surface area contributed by atoms with Crippen LogP contribution in [0, 0.1) is 38.8 Å². The number of aliphatic hydroxyl groups excluding tert-OH is 1. The van der Waals surface area contributed by atoms with E-state index in [0.29, 0.717) is 17.8 Å². The van der Waals surface area contributed by atoms with Crippen LogP contribution in [-0.2, 0) is 21.9 Å². The van der Waals surface area contributed by atoms with Gasteiger partial charge in [0.05, 0.1) is 6.10 Å². The van der Waals surface area contributed by atoms with E-state index in [1.54, 1.807) is 0 Å². The molecule has 3 unspecified atom stereocenters. The van der Waals surface area contributed by atoms with Gasteiger partial charge < -0.3 is 22.3 Å². The third-order valence-electron chi connectivity index (χ3n) is 12.8. The summed E-state index contributed by atoms with van der Waals surface area (Å²) in [7, 11) is -0.446. The van der Waals surface area contributed by atoms with Crippen LogP contribution >= 0.6 is 7.92 Å². The van der Waals surface area contributed by atoms with Crippen LogP contribution < -0.4 is 25.7 Å². The Balaban J connectivity index is 0.000000215. The fourth-order valence-corrected chi connectivity index (χ4v) is 12.9. The van der Waals surface area contributed by atoms with Crippen molar-refractivity contribution in [2.45, 2.75) is 90.1 Å². The number of hydrogen-bond acceptors (Lipinski definition) is 3. The van der Waals surface area contributed by atoms with E-state index < -0.39 is 7.92 Å². The predicted molar refractivity (Wildman–Crippen MR) is 238 cm³/mol. The molecular weight excluding hydrogens is 746 g/mol.